The van der Waals surface area contributed by atoms with Crippen LogP contribution in [0, 0.1) is 0 Å². The van der Waals surface area contributed by atoms with Gasteiger partial charge in [0.1, 0.15) is 5.75 Å². The van der Waals surface area contributed by atoms with Gasteiger partial charge in [-0.3, -0.25) is 4.79 Å². The molecule has 1 heterocycles. The molecule has 0 unspecified atom stereocenters. The van der Waals surface area contributed by atoms with E-state index in [1.165, 1.54) is 0 Å². The molecule has 2 N–H and O–H groups in total. The number of anilines is 1. The molecule has 0 aliphatic rings. The first-order valence-electron chi connectivity index (χ1n) is 6.01. The van der Waals surface area contributed by atoms with Gasteiger partial charge in [0.05, 0.1) is 18.4 Å². The van der Waals surface area contributed by atoms with Crippen LogP contribution in [0.2, 0.25) is 0 Å². The standard InChI is InChI=1S/C14H14BrN3O2/c1-16-9-13(19)18-11-5-6-14(17-8-11)20-12-4-2-3-10(15)7-12/h2-8,16H,9H2,1H3,(H,18,19). The maximum Gasteiger partial charge on any atom is 0.238 e. The number of carbonyl (C=O) groups is 1. The summed E-state index contributed by atoms with van der Waals surface area (Å²) in [7, 11) is 1.72. The second-order valence-electron chi connectivity index (χ2n) is 4.02. The summed E-state index contributed by atoms with van der Waals surface area (Å²) in [5.74, 6) is 1.04. The van der Waals surface area contributed by atoms with Gasteiger partial charge in [0.15, 0.2) is 0 Å². The van der Waals surface area contributed by atoms with Crippen LogP contribution in [0.1, 0.15) is 0 Å². The average Bonchev–Trinajstić information content (AvgIpc) is 2.41. The van der Waals surface area contributed by atoms with Crippen molar-refractivity contribution in [3.63, 3.8) is 0 Å². The van der Waals surface area contributed by atoms with Gasteiger partial charge in [0, 0.05) is 10.5 Å². The summed E-state index contributed by atoms with van der Waals surface area (Å²) < 4.78 is 6.54. The number of rotatable bonds is 5. The lowest BCUT2D eigenvalue weighted by molar-refractivity contribution is -0.115. The number of nitrogens with one attached hydrogen (secondary N) is 2. The third-order valence-corrected chi connectivity index (χ3v) is 2.87. The van der Waals surface area contributed by atoms with Gasteiger partial charge in [-0.2, -0.15) is 0 Å². The van der Waals surface area contributed by atoms with Crippen LogP contribution in [0.15, 0.2) is 47.1 Å². The number of nitrogens with zero attached hydrogens (tertiary/aromatic N) is 1. The van der Waals surface area contributed by atoms with Crippen LogP contribution in [-0.4, -0.2) is 24.5 Å². The Morgan fingerprint density at radius 1 is 1.35 bits per heavy atom. The zero-order valence-electron chi connectivity index (χ0n) is 10.9. The summed E-state index contributed by atoms with van der Waals surface area (Å²) in [6.45, 7) is 0.260. The van der Waals surface area contributed by atoms with Crippen LogP contribution < -0.4 is 15.4 Å². The lowest BCUT2D eigenvalue weighted by Crippen LogP contribution is -2.25. The normalized spacial score (nSPS) is 10.1. The van der Waals surface area contributed by atoms with Crippen molar-refractivity contribution in [2.75, 3.05) is 18.9 Å². The fourth-order valence-electron chi connectivity index (χ4n) is 1.53. The summed E-state index contributed by atoms with van der Waals surface area (Å²) in [6.07, 6.45) is 1.56. The van der Waals surface area contributed by atoms with Gasteiger partial charge in [0.2, 0.25) is 11.8 Å². The molecule has 0 spiro atoms. The Bertz CT molecular complexity index is 587. The van der Waals surface area contributed by atoms with Gasteiger partial charge < -0.3 is 15.4 Å². The highest BCUT2D eigenvalue weighted by atomic mass is 79.9. The maximum absolute atomic E-state index is 11.4. The number of pyridine rings is 1. The highest BCUT2D eigenvalue weighted by Crippen LogP contribution is 2.23. The van der Waals surface area contributed by atoms with E-state index in [1.807, 2.05) is 24.3 Å². The molecule has 0 saturated heterocycles. The topological polar surface area (TPSA) is 63.2 Å². The minimum absolute atomic E-state index is 0.116. The quantitative estimate of drug-likeness (QED) is 0.881. The molecule has 0 aliphatic heterocycles. The summed E-state index contributed by atoms with van der Waals surface area (Å²) in [5.41, 5.74) is 0.631. The van der Waals surface area contributed by atoms with Crippen molar-refractivity contribution < 1.29 is 9.53 Å². The molecule has 0 aliphatic carbocycles. The smallest absolute Gasteiger partial charge is 0.238 e. The van der Waals surface area contributed by atoms with E-state index in [0.29, 0.717) is 17.3 Å². The predicted octanol–water partition coefficient (Wildman–Crippen LogP) is 2.79. The summed E-state index contributed by atoms with van der Waals surface area (Å²) in [5, 5.41) is 5.49. The third kappa shape index (κ3) is 4.32. The molecule has 0 saturated carbocycles. The molecule has 2 aromatic rings. The fraction of sp³-hybridized carbons (Fsp3) is 0.143. The molecule has 0 radical (unpaired) electrons. The van der Waals surface area contributed by atoms with Crippen LogP contribution in [0.4, 0.5) is 5.69 Å². The number of likely N-dealkylation sites (N-methyl/N-ethyl adjacent to an activating group) is 1. The second kappa shape index (κ2) is 7.02. The maximum atomic E-state index is 11.4. The fourth-order valence-corrected chi connectivity index (χ4v) is 1.91. The number of benzene rings is 1. The van der Waals surface area contributed by atoms with Crippen molar-refractivity contribution in [3.8, 4) is 11.6 Å². The van der Waals surface area contributed by atoms with E-state index in [9.17, 15) is 4.79 Å². The molecule has 104 valence electrons. The van der Waals surface area contributed by atoms with Crippen molar-refractivity contribution in [1.82, 2.24) is 10.3 Å². The van der Waals surface area contributed by atoms with E-state index in [-0.39, 0.29) is 12.5 Å². The zero-order chi connectivity index (χ0) is 14.4. The Morgan fingerprint density at radius 2 is 2.20 bits per heavy atom. The minimum atomic E-state index is -0.116. The third-order valence-electron chi connectivity index (χ3n) is 2.38. The van der Waals surface area contributed by atoms with Crippen LogP contribution in [0.3, 0.4) is 0 Å². The van der Waals surface area contributed by atoms with Gasteiger partial charge in [0.25, 0.3) is 0 Å². The number of halogens is 1. The first kappa shape index (κ1) is 14.5. The van der Waals surface area contributed by atoms with Crippen LogP contribution in [-0.2, 0) is 4.79 Å². The molecular weight excluding hydrogens is 322 g/mol. The zero-order valence-corrected chi connectivity index (χ0v) is 12.5. The Kier molecular flexibility index (Phi) is 5.09. The number of amides is 1. The molecule has 1 amide bonds. The van der Waals surface area contributed by atoms with E-state index in [4.69, 9.17) is 4.74 Å². The van der Waals surface area contributed by atoms with Crippen LogP contribution in [0.25, 0.3) is 0 Å². The average molecular weight is 336 g/mol. The Balaban J connectivity index is 1.99. The highest BCUT2D eigenvalue weighted by molar-refractivity contribution is 9.10. The monoisotopic (exact) mass is 335 g/mol. The van der Waals surface area contributed by atoms with Crippen molar-refractivity contribution in [1.29, 1.82) is 0 Å². The molecule has 0 bridgehead atoms. The molecular formula is C14H14BrN3O2. The number of aromatic nitrogens is 1. The Hall–Kier alpha value is -1.92. The van der Waals surface area contributed by atoms with Gasteiger partial charge in [-0.15, -0.1) is 0 Å². The van der Waals surface area contributed by atoms with Crippen molar-refractivity contribution in [3.05, 3.63) is 47.1 Å². The van der Waals surface area contributed by atoms with E-state index in [2.05, 4.69) is 31.5 Å². The number of ether oxygens (including phenoxy) is 1. The van der Waals surface area contributed by atoms with E-state index in [1.54, 1.807) is 25.4 Å². The second-order valence-corrected chi connectivity index (χ2v) is 4.94. The molecule has 20 heavy (non-hydrogen) atoms. The number of hydrogen-bond donors (Lipinski definition) is 2. The molecule has 6 heteroatoms. The Labute approximate surface area is 125 Å². The molecule has 1 aromatic heterocycles. The van der Waals surface area contributed by atoms with Gasteiger partial charge in [-0.05, 0) is 31.3 Å². The van der Waals surface area contributed by atoms with E-state index >= 15 is 0 Å². The molecule has 1 aromatic carbocycles. The number of carbonyl (C=O) groups excluding carboxylic acids is 1. The first-order valence-corrected chi connectivity index (χ1v) is 6.80. The number of hydrogen-bond acceptors (Lipinski definition) is 4. The van der Waals surface area contributed by atoms with Crippen molar-refractivity contribution in [2.45, 2.75) is 0 Å². The Morgan fingerprint density at radius 3 is 2.85 bits per heavy atom. The van der Waals surface area contributed by atoms with Gasteiger partial charge in [-0.1, -0.05) is 22.0 Å². The molecule has 2 rings (SSSR count). The van der Waals surface area contributed by atoms with Crippen molar-refractivity contribution >= 4 is 27.5 Å². The van der Waals surface area contributed by atoms with E-state index in [0.717, 1.165) is 4.47 Å². The van der Waals surface area contributed by atoms with Gasteiger partial charge >= 0.3 is 0 Å². The van der Waals surface area contributed by atoms with Crippen LogP contribution in [0.5, 0.6) is 11.6 Å². The highest BCUT2D eigenvalue weighted by Gasteiger charge is 2.03. The predicted molar refractivity (Wildman–Crippen MR) is 81.0 cm³/mol. The first-order chi connectivity index (χ1) is 9.67. The summed E-state index contributed by atoms with van der Waals surface area (Å²) in [6, 6.07) is 10.9. The van der Waals surface area contributed by atoms with Crippen LogP contribution >= 0.6 is 15.9 Å². The minimum Gasteiger partial charge on any atom is -0.439 e. The van der Waals surface area contributed by atoms with E-state index < -0.39 is 0 Å². The van der Waals surface area contributed by atoms with Gasteiger partial charge in [-0.25, -0.2) is 4.98 Å². The molecule has 0 atom stereocenters. The SMILES string of the molecule is CNCC(=O)Nc1ccc(Oc2cccc(Br)c2)nc1. The summed E-state index contributed by atoms with van der Waals surface area (Å²) in [4.78, 5) is 15.5. The largest absolute Gasteiger partial charge is 0.439 e. The lowest BCUT2D eigenvalue weighted by Gasteiger charge is -2.07. The summed E-state index contributed by atoms with van der Waals surface area (Å²) >= 11 is 3.38. The molecule has 0 fully saturated rings. The lowest BCUT2D eigenvalue weighted by atomic mass is 10.3. The van der Waals surface area contributed by atoms with Crippen molar-refractivity contribution in [2.24, 2.45) is 0 Å². The molecule has 5 nitrogen and oxygen atoms in total.